The molecule has 1 aromatic heterocycles. The molecule has 4 heteroatoms. The summed E-state index contributed by atoms with van der Waals surface area (Å²) in [5, 5.41) is 3.05. The molecule has 0 bridgehead atoms. The lowest BCUT2D eigenvalue weighted by Gasteiger charge is -2.19. The zero-order valence-corrected chi connectivity index (χ0v) is 10.6. The first-order valence-corrected chi connectivity index (χ1v) is 6.60. The molecule has 0 spiro atoms. The fraction of sp³-hybridized carbons (Fsp3) is 0.583. The molecule has 0 aliphatic carbocycles. The molecule has 1 aliphatic heterocycles. The lowest BCUT2D eigenvalue weighted by atomic mass is 10.3. The first-order chi connectivity index (χ1) is 7.66. The first kappa shape index (κ1) is 11.5. The minimum absolute atomic E-state index is 0.0797. The summed E-state index contributed by atoms with van der Waals surface area (Å²) in [6, 6.07) is 4.39. The third-order valence-corrected chi connectivity index (χ3v) is 4.10. The molecule has 2 amide bonds. The molecular formula is C12H18N2OS. The van der Waals surface area contributed by atoms with Crippen LogP contribution in [-0.4, -0.2) is 24.0 Å². The number of carbonyl (C=O) groups is 1. The number of nitrogens with one attached hydrogen (secondary N) is 1. The van der Waals surface area contributed by atoms with Crippen molar-refractivity contribution >= 4 is 17.4 Å². The van der Waals surface area contributed by atoms with E-state index in [2.05, 4.69) is 24.4 Å². The predicted octanol–water partition coefficient (Wildman–Crippen LogP) is 2.92. The fourth-order valence-corrected chi connectivity index (χ4v) is 2.83. The molecule has 3 nitrogen and oxygen atoms in total. The third kappa shape index (κ3) is 2.55. The first-order valence-electron chi connectivity index (χ1n) is 5.78. The quantitative estimate of drug-likeness (QED) is 0.844. The normalized spacial score (nSPS) is 17.5. The molecule has 1 saturated heterocycles. The minimum atomic E-state index is 0.0797. The van der Waals surface area contributed by atoms with Gasteiger partial charge in [-0.15, -0.1) is 11.3 Å². The number of amides is 2. The Hall–Kier alpha value is -1.03. The number of carbonyl (C=O) groups excluding carboxylic acids is 1. The molecule has 1 aliphatic rings. The minimum Gasteiger partial charge on any atom is -0.331 e. The molecule has 1 atom stereocenters. The van der Waals surface area contributed by atoms with Crippen molar-refractivity contribution in [3.05, 3.63) is 21.9 Å². The Morgan fingerprint density at radius 3 is 2.69 bits per heavy atom. The predicted molar refractivity (Wildman–Crippen MR) is 66.8 cm³/mol. The number of likely N-dealkylation sites (tertiary alicyclic amines) is 1. The summed E-state index contributed by atoms with van der Waals surface area (Å²) >= 11 is 1.75. The number of rotatable bonds is 2. The van der Waals surface area contributed by atoms with Gasteiger partial charge in [0.2, 0.25) is 0 Å². The Kier molecular flexibility index (Phi) is 3.49. The van der Waals surface area contributed by atoms with Crippen molar-refractivity contribution in [2.45, 2.75) is 32.7 Å². The lowest BCUT2D eigenvalue weighted by Crippen LogP contribution is -2.38. The number of thiophene rings is 1. The van der Waals surface area contributed by atoms with Crippen molar-refractivity contribution in [3.63, 3.8) is 0 Å². The van der Waals surface area contributed by atoms with Crippen LogP contribution in [0.25, 0.3) is 0 Å². The second-order valence-corrected chi connectivity index (χ2v) is 5.63. The van der Waals surface area contributed by atoms with Gasteiger partial charge in [0, 0.05) is 22.8 Å². The lowest BCUT2D eigenvalue weighted by molar-refractivity contribution is 0.205. The molecule has 1 unspecified atom stereocenters. The summed E-state index contributed by atoms with van der Waals surface area (Å²) in [5.41, 5.74) is 0. The van der Waals surface area contributed by atoms with Crippen molar-refractivity contribution in [2.24, 2.45) is 0 Å². The van der Waals surface area contributed by atoms with Crippen LogP contribution in [0.2, 0.25) is 0 Å². The largest absolute Gasteiger partial charge is 0.331 e. The van der Waals surface area contributed by atoms with Gasteiger partial charge in [0.05, 0.1) is 6.04 Å². The van der Waals surface area contributed by atoms with E-state index in [-0.39, 0.29) is 12.1 Å². The van der Waals surface area contributed by atoms with Gasteiger partial charge in [-0.3, -0.25) is 0 Å². The Balaban J connectivity index is 1.91. The molecule has 1 aromatic rings. The van der Waals surface area contributed by atoms with E-state index in [9.17, 15) is 4.79 Å². The van der Waals surface area contributed by atoms with Crippen LogP contribution in [0.4, 0.5) is 4.79 Å². The van der Waals surface area contributed by atoms with E-state index in [1.807, 2.05) is 11.8 Å². The van der Waals surface area contributed by atoms with Crippen molar-refractivity contribution in [1.29, 1.82) is 0 Å². The topological polar surface area (TPSA) is 32.3 Å². The van der Waals surface area contributed by atoms with E-state index in [1.54, 1.807) is 11.3 Å². The zero-order valence-electron chi connectivity index (χ0n) is 9.82. The van der Waals surface area contributed by atoms with Crippen molar-refractivity contribution < 1.29 is 4.79 Å². The summed E-state index contributed by atoms with van der Waals surface area (Å²) < 4.78 is 0. The highest BCUT2D eigenvalue weighted by Crippen LogP contribution is 2.22. The molecule has 1 N–H and O–H groups in total. The molecule has 88 valence electrons. The van der Waals surface area contributed by atoms with Gasteiger partial charge < -0.3 is 10.2 Å². The molecular weight excluding hydrogens is 220 g/mol. The molecule has 2 heterocycles. The number of hydrogen-bond acceptors (Lipinski definition) is 2. The van der Waals surface area contributed by atoms with E-state index in [0.717, 1.165) is 25.9 Å². The van der Waals surface area contributed by atoms with E-state index in [1.165, 1.54) is 9.75 Å². The van der Waals surface area contributed by atoms with Crippen LogP contribution in [0.5, 0.6) is 0 Å². The van der Waals surface area contributed by atoms with Gasteiger partial charge in [0.25, 0.3) is 0 Å². The SMILES string of the molecule is Cc1ccc(C(C)NC(=O)N2CCCC2)s1. The van der Waals surface area contributed by atoms with E-state index in [0.29, 0.717) is 0 Å². The van der Waals surface area contributed by atoms with Gasteiger partial charge in [-0.1, -0.05) is 0 Å². The van der Waals surface area contributed by atoms with E-state index < -0.39 is 0 Å². The van der Waals surface area contributed by atoms with Crippen LogP contribution in [0.15, 0.2) is 12.1 Å². The maximum atomic E-state index is 11.9. The Labute approximate surface area is 100 Å². The van der Waals surface area contributed by atoms with Gasteiger partial charge in [0.15, 0.2) is 0 Å². The van der Waals surface area contributed by atoms with Crippen molar-refractivity contribution in [2.75, 3.05) is 13.1 Å². The highest BCUT2D eigenvalue weighted by Gasteiger charge is 2.20. The second-order valence-electron chi connectivity index (χ2n) is 4.31. The maximum absolute atomic E-state index is 11.9. The van der Waals surface area contributed by atoms with E-state index >= 15 is 0 Å². The van der Waals surface area contributed by atoms with Crippen LogP contribution in [0, 0.1) is 6.92 Å². The fourth-order valence-electron chi connectivity index (χ4n) is 1.95. The van der Waals surface area contributed by atoms with Crippen molar-refractivity contribution in [3.8, 4) is 0 Å². The number of aryl methyl sites for hydroxylation is 1. The monoisotopic (exact) mass is 238 g/mol. The molecule has 2 rings (SSSR count). The Morgan fingerprint density at radius 2 is 2.12 bits per heavy atom. The van der Waals surface area contributed by atoms with Gasteiger partial charge in [-0.25, -0.2) is 4.79 Å². The van der Waals surface area contributed by atoms with Crippen LogP contribution in [-0.2, 0) is 0 Å². The smallest absolute Gasteiger partial charge is 0.317 e. The van der Waals surface area contributed by atoms with Crippen LogP contribution >= 0.6 is 11.3 Å². The molecule has 0 radical (unpaired) electrons. The maximum Gasteiger partial charge on any atom is 0.317 e. The summed E-state index contributed by atoms with van der Waals surface area (Å²) in [4.78, 5) is 16.3. The van der Waals surface area contributed by atoms with Gasteiger partial charge >= 0.3 is 6.03 Å². The van der Waals surface area contributed by atoms with Crippen LogP contribution in [0.1, 0.15) is 35.6 Å². The van der Waals surface area contributed by atoms with Crippen molar-refractivity contribution in [1.82, 2.24) is 10.2 Å². The third-order valence-electron chi connectivity index (χ3n) is 2.92. The number of nitrogens with zero attached hydrogens (tertiary/aromatic N) is 1. The standard InChI is InChI=1S/C12H18N2OS/c1-9-5-6-11(16-9)10(2)13-12(15)14-7-3-4-8-14/h5-6,10H,3-4,7-8H2,1-2H3,(H,13,15). The Morgan fingerprint density at radius 1 is 1.44 bits per heavy atom. The number of hydrogen-bond donors (Lipinski definition) is 1. The second kappa shape index (κ2) is 4.87. The molecule has 0 saturated carbocycles. The molecule has 0 aromatic carbocycles. The van der Waals surface area contributed by atoms with E-state index in [4.69, 9.17) is 0 Å². The number of urea groups is 1. The zero-order chi connectivity index (χ0) is 11.5. The summed E-state index contributed by atoms with van der Waals surface area (Å²) in [6.07, 6.45) is 2.28. The highest BCUT2D eigenvalue weighted by molar-refractivity contribution is 7.12. The summed E-state index contributed by atoms with van der Waals surface area (Å²) in [7, 11) is 0. The summed E-state index contributed by atoms with van der Waals surface area (Å²) in [6.45, 7) is 5.94. The highest BCUT2D eigenvalue weighted by atomic mass is 32.1. The van der Waals surface area contributed by atoms with Gasteiger partial charge in [0.1, 0.15) is 0 Å². The van der Waals surface area contributed by atoms with Gasteiger partial charge in [-0.2, -0.15) is 0 Å². The summed E-state index contributed by atoms with van der Waals surface area (Å²) in [5.74, 6) is 0. The average Bonchev–Trinajstić information content (AvgIpc) is 2.87. The van der Waals surface area contributed by atoms with Gasteiger partial charge in [-0.05, 0) is 38.8 Å². The average molecular weight is 238 g/mol. The molecule has 16 heavy (non-hydrogen) atoms. The van der Waals surface area contributed by atoms with Crippen LogP contribution in [0.3, 0.4) is 0 Å². The molecule has 1 fully saturated rings. The van der Waals surface area contributed by atoms with Crippen LogP contribution < -0.4 is 5.32 Å². The Bertz CT molecular complexity index is 369.